The lowest BCUT2D eigenvalue weighted by Gasteiger charge is -2.27. The summed E-state index contributed by atoms with van der Waals surface area (Å²) in [5.74, 6) is 0.505. The second-order valence-electron chi connectivity index (χ2n) is 4.68. The van der Waals surface area contributed by atoms with Gasteiger partial charge in [0.15, 0.2) is 0 Å². The van der Waals surface area contributed by atoms with Crippen LogP contribution in [0.4, 0.5) is 0 Å². The summed E-state index contributed by atoms with van der Waals surface area (Å²) < 4.78 is 0. The van der Waals surface area contributed by atoms with Gasteiger partial charge in [-0.1, -0.05) is 30.3 Å². The van der Waals surface area contributed by atoms with E-state index >= 15 is 0 Å². The third-order valence-corrected chi connectivity index (χ3v) is 3.50. The molecular formula is C14H21NO. The summed E-state index contributed by atoms with van der Waals surface area (Å²) in [7, 11) is 0. The van der Waals surface area contributed by atoms with Gasteiger partial charge in [-0.15, -0.1) is 0 Å². The molecule has 0 aromatic heterocycles. The van der Waals surface area contributed by atoms with Crippen molar-refractivity contribution < 1.29 is 5.11 Å². The molecule has 1 atom stereocenters. The first kappa shape index (κ1) is 11.6. The zero-order valence-electron chi connectivity index (χ0n) is 9.73. The summed E-state index contributed by atoms with van der Waals surface area (Å²) in [4.78, 5) is 0. The minimum Gasteiger partial charge on any atom is -0.393 e. The fraction of sp³-hybridized carbons (Fsp3) is 0.571. The smallest absolute Gasteiger partial charge is 0.0572 e. The lowest BCUT2D eigenvalue weighted by atomic mass is 9.89. The van der Waals surface area contributed by atoms with Crippen molar-refractivity contribution in [2.75, 3.05) is 13.1 Å². The number of aliphatic hydroxyl groups excluding tert-OH is 1. The summed E-state index contributed by atoms with van der Waals surface area (Å²) >= 11 is 0. The van der Waals surface area contributed by atoms with Gasteiger partial charge < -0.3 is 10.4 Å². The van der Waals surface area contributed by atoms with Gasteiger partial charge >= 0.3 is 0 Å². The van der Waals surface area contributed by atoms with Crippen molar-refractivity contribution in [3.05, 3.63) is 35.9 Å². The molecule has 16 heavy (non-hydrogen) atoms. The zero-order valence-corrected chi connectivity index (χ0v) is 9.73. The Morgan fingerprint density at radius 3 is 2.56 bits per heavy atom. The monoisotopic (exact) mass is 219 g/mol. The Morgan fingerprint density at radius 2 is 1.88 bits per heavy atom. The first-order valence-corrected chi connectivity index (χ1v) is 6.29. The third kappa shape index (κ3) is 3.32. The van der Waals surface area contributed by atoms with E-state index in [1.165, 1.54) is 5.56 Å². The van der Waals surface area contributed by atoms with Crippen molar-refractivity contribution in [3.63, 3.8) is 0 Å². The predicted octanol–water partition coefficient (Wildman–Crippen LogP) is 1.98. The molecule has 2 heteroatoms. The van der Waals surface area contributed by atoms with E-state index in [-0.39, 0.29) is 6.10 Å². The molecule has 1 saturated heterocycles. The van der Waals surface area contributed by atoms with E-state index in [4.69, 9.17) is 0 Å². The van der Waals surface area contributed by atoms with Gasteiger partial charge in [-0.3, -0.25) is 0 Å². The van der Waals surface area contributed by atoms with Crippen LogP contribution in [-0.2, 0) is 6.42 Å². The fourth-order valence-corrected chi connectivity index (χ4v) is 2.42. The maximum atomic E-state index is 10.1. The minimum atomic E-state index is -0.123. The Bertz CT molecular complexity index is 293. The largest absolute Gasteiger partial charge is 0.393 e. The molecular weight excluding hydrogens is 198 g/mol. The molecule has 0 bridgehead atoms. The molecule has 88 valence electrons. The van der Waals surface area contributed by atoms with Gasteiger partial charge in [-0.05, 0) is 50.3 Å². The van der Waals surface area contributed by atoms with Gasteiger partial charge in [0.25, 0.3) is 0 Å². The number of hydrogen-bond donors (Lipinski definition) is 2. The highest BCUT2D eigenvalue weighted by atomic mass is 16.3. The van der Waals surface area contributed by atoms with Crippen LogP contribution >= 0.6 is 0 Å². The lowest BCUT2D eigenvalue weighted by Crippen LogP contribution is -2.34. The Balaban J connectivity index is 1.76. The second kappa shape index (κ2) is 6.02. The number of benzene rings is 1. The van der Waals surface area contributed by atoms with E-state index in [2.05, 4.69) is 29.6 Å². The van der Waals surface area contributed by atoms with Crippen LogP contribution in [0, 0.1) is 5.92 Å². The number of hydrogen-bond acceptors (Lipinski definition) is 2. The molecule has 2 rings (SSSR count). The summed E-state index contributed by atoms with van der Waals surface area (Å²) in [6, 6.07) is 10.4. The number of aryl methyl sites for hydroxylation is 1. The normalized spacial score (nSPS) is 19.6. The molecule has 1 unspecified atom stereocenters. The van der Waals surface area contributed by atoms with Crippen molar-refractivity contribution in [2.24, 2.45) is 5.92 Å². The van der Waals surface area contributed by atoms with Crippen LogP contribution in [0.2, 0.25) is 0 Å². The average Bonchev–Trinajstić information content (AvgIpc) is 2.38. The Morgan fingerprint density at radius 1 is 1.19 bits per heavy atom. The summed E-state index contributed by atoms with van der Waals surface area (Å²) in [5, 5.41) is 13.4. The standard InChI is InChI=1S/C14H21NO/c16-14(13-8-10-15-11-9-13)7-6-12-4-2-1-3-5-12/h1-5,13-16H,6-11H2. The fourth-order valence-electron chi connectivity index (χ4n) is 2.42. The first-order valence-electron chi connectivity index (χ1n) is 6.29. The van der Waals surface area contributed by atoms with Crippen molar-refractivity contribution >= 4 is 0 Å². The molecule has 1 fully saturated rings. The first-order chi connectivity index (χ1) is 7.86. The van der Waals surface area contributed by atoms with E-state index < -0.39 is 0 Å². The van der Waals surface area contributed by atoms with Gasteiger partial charge in [0.05, 0.1) is 6.10 Å². The Kier molecular flexibility index (Phi) is 4.37. The van der Waals surface area contributed by atoms with Crippen LogP contribution in [0.25, 0.3) is 0 Å². The average molecular weight is 219 g/mol. The summed E-state index contributed by atoms with van der Waals surface area (Å²) in [6.45, 7) is 2.13. The van der Waals surface area contributed by atoms with Crippen molar-refractivity contribution in [1.29, 1.82) is 0 Å². The minimum absolute atomic E-state index is 0.123. The third-order valence-electron chi connectivity index (χ3n) is 3.50. The van der Waals surface area contributed by atoms with E-state index in [1.54, 1.807) is 0 Å². The van der Waals surface area contributed by atoms with Gasteiger partial charge in [-0.2, -0.15) is 0 Å². The molecule has 1 heterocycles. The van der Waals surface area contributed by atoms with Crippen LogP contribution in [0.1, 0.15) is 24.8 Å². The van der Waals surface area contributed by atoms with Gasteiger partial charge in [-0.25, -0.2) is 0 Å². The predicted molar refractivity (Wildman–Crippen MR) is 66.4 cm³/mol. The molecule has 0 radical (unpaired) electrons. The summed E-state index contributed by atoms with van der Waals surface area (Å²) in [5.41, 5.74) is 1.33. The molecule has 1 aromatic carbocycles. The molecule has 1 aromatic rings. The lowest BCUT2D eigenvalue weighted by molar-refractivity contribution is 0.0813. The van der Waals surface area contributed by atoms with E-state index in [0.717, 1.165) is 38.8 Å². The molecule has 0 aliphatic carbocycles. The highest BCUT2D eigenvalue weighted by molar-refractivity contribution is 5.14. The van der Waals surface area contributed by atoms with Crippen LogP contribution in [0.5, 0.6) is 0 Å². The Hall–Kier alpha value is -0.860. The zero-order chi connectivity index (χ0) is 11.2. The molecule has 2 N–H and O–H groups in total. The topological polar surface area (TPSA) is 32.3 Å². The number of piperidine rings is 1. The molecule has 0 spiro atoms. The van der Waals surface area contributed by atoms with Crippen LogP contribution in [-0.4, -0.2) is 24.3 Å². The number of nitrogens with one attached hydrogen (secondary N) is 1. The maximum Gasteiger partial charge on any atom is 0.0572 e. The Labute approximate surface area is 97.7 Å². The van der Waals surface area contributed by atoms with E-state index in [9.17, 15) is 5.11 Å². The highest BCUT2D eigenvalue weighted by Crippen LogP contribution is 2.19. The van der Waals surface area contributed by atoms with Gasteiger partial charge in [0.1, 0.15) is 0 Å². The van der Waals surface area contributed by atoms with Crippen LogP contribution in [0.3, 0.4) is 0 Å². The quantitative estimate of drug-likeness (QED) is 0.811. The number of rotatable bonds is 4. The number of aliphatic hydroxyl groups is 1. The van der Waals surface area contributed by atoms with Crippen molar-refractivity contribution in [3.8, 4) is 0 Å². The van der Waals surface area contributed by atoms with Crippen molar-refractivity contribution in [1.82, 2.24) is 5.32 Å². The molecule has 1 aliphatic heterocycles. The molecule has 0 amide bonds. The van der Waals surface area contributed by atoms with E-state index in [1.807, 2.05) is 6.07 Å². The van der Waals surface area contributed by atoms with Crippen LogP contribution < -0.4 is 5.32 Å². The highest BCUT2D eigenvalue weighted by Gasteiger charge is 2.20. The van der Waals surface area contributed by atoms with Gasteiger partial charge in [0.2, 0.25) is 0 Å². The maximum absolute atomic E-state index is 10.1. The second-order valence-corrected chi connectivity index (χ2v) is 4.68. The molecule has 0 saturated carbocycles. The van der Waals surface area contributed by atoms with Gasteiger partial charge in [0, 0.05) is 0 Å². The summed E-state index contributed by atoms with van der Waals surface area (Å²) in [6.07, 6.45) is 4.01. The molecule has 2 nitrogen and oxygen atoms in total. The van der Waals surface area contributed by atoms with Crippen molar-refractivity contribution in [2.45, 2.75) is 31.8 Å². The van der Waals surface area contributed by atoms with Crippen LogP contribution in [0.15, 0.2) is 30.3 Å². The molecule has 1 aliphatic rings. The van der Waals surface area contributed by atoms with E-state index in [0.29, 0.717) is 5.92 Å². The SMILES string of the molecule is OC(CCc1ccccc1)C1CCNCC1.